The fraction of sp³-hybridized carbons (Fsp3) is 0.500. The molecule has 1 atom stereocenters. The molecule has 1 aliphatic rings. The summed E-state index contributed by atoms with van der Waals surface area (Å²) in [4.78, 5) is 28.7. The van der Waals surface area contributed by atoms with Crippen LogP contribution >= 0.6 is 0 Å². The number of nitrogens with zero attached hydrogens (tertiary/aromatic N) is 2. The first-order valence-electron chi connectivity index (χ1n) is 12.9. The largest absolute Gasteiger partial charge is 0.497 e. The van der Waals surface area contributed by atoms with E-state index in [9.17, 15) is 18.0 Å². The maximum absolute atomic E-state index is 13.8. The van der Waals surface area contributed by atoms with Crippen LogP contribution in [-0.2, 0) is 26.2 Å². The van der Waals surface area contributed by atoms with Crippen LogP contribution in [0.4, 0.5) is 5.69 Å². The molecule has 8 nitrogen and oxygen atoms in total. The molecule has 0 radical (unpaired) electrons. The maximum atomic E-state index is 13.8. The van der Waals surface area contributed by atoms with Gasteiger partial charge in [0, 0.05) is 12.6 Å². The summed E-state index contributed by atoms with van der Waals surface area (Å²) in [6, 6.07) is 13.7. The molecule has 0 saturated heterocycles. The van der Waals surface area contributed by atoms with Gasteiger partial charge in [-0.1, -0.05) is 56.0 Å². The van der Waals surface area contributed by atoms with Crippen molar-refractivity contribution in [1.29, 1.82) is 0 Å². The summed E-state index contributed by atoms with van der Waals surface area (Å²) in [5.74, 6) is -0.0485. The summed E-state index contributed by atoms with van der Waals surface area (Å²) < 4.78 is 31.7. The van der Waals surface area contributed by atoms with Gasteiger partial charge in [-0.2, -0.15) is 0 Å². The van der Waals surface area contributed by atoms with Crippen molar-refractivity contribution in [3.8, 4) is 5.75 Å². The highest BCUT2D eigenvalue weighted by molar-refractivity contribution is 7.92. The van der Waals surface area contributed by atoms with E-state index in [0.29, 0.717) is 17.9 Å². The molecule has 3 rings (SSSR count). The Morgan fingerprint density at radius 1 is 1.03 bits per heavy atom. The molecule has 202 valence electrons. The minimum atomic E-state index is -3.78. The minimum absolute atomic E-state index is 0.110. The molecule has 0 spiro atoms. The van der Waals surface area contributed by atoms with Gasteiger partial charge in [0.15, 0.2) is 0 Å². The van der Waals surface area contributed by atoms with Crippen molar-refractivity contribution in [2.45, 2.75) is 71.0 Å². The Balaban J connectivity index is 1.89. The van der Waals surface area contributed by atoms with Gasteiger partial charge < -0.3 is 15.0 Å². The molecule has 1 unspecified atom stereocenters. The van der Waals surface area contributed by atoms with Crippen molar-refractivity contribution >= 4 is 27.5 Å². The lowest BCUT2D eigenvalue weighted by molar-refractivity contribution is -0.140. The summed E-state index contributed by atoms with van der Waals surface area (Å²) in [6.07, 6.45) is 6.70. The van der Waals surface area contributed by atoms with Crippen LogP contribution < -0.4 is 14.4 Å². The van der Waals surface area contributed by atoms with Crippen LogP contribution in [0.2, 0.25) is 0 Å². The van der Waals surface area contributed by atoms with Gasteiger partial charge in [0.2, 0.25) is 21.8 Å². The Hall–Kier alpha value is -3.07. The first kappa shape index (κ1) is 28.5. The molecular weight excluding hydrogens is 490 g/mol. The van der Waals surface area contributed by atoms with E-state index in [1.165, 1.54) is 18.4 Å². The third kappa shape index (κ3) is 7.95. The van der Waals surface area contributed by atoms with Gasteiger partial charge in [-0.15, -0.1) is 0 Å². The molecule has 1 fully saturated rings. The Kier molecular flexibility index (Phi) is 9.97. The van der Waals surface area contributed by atoms with E-state index in [1.54, 1.807) is 24.3 Å². The third-order valence-corrected chi connectivity index (χ3v) is 7.99. The molecule has 1 N–H and O–H groups in total. The summed E-state index contributed by atoms with van der Waals surface area (Å²) in [6.45, 7) is 3.65. The molecule has 2 aromatic rings. The summed E-state index contributed by atoms with van der Waals surface area (Å²) in [5, 5.41) is 3.15. The van der Waals surface area contributed by atoms with E-state index in [4.69, 9.17) is 4.74 Å². The van der Waals surface area contributed by atoms with Crippen molar-refractivity contribution < 1.29 is 22.7 Å². The number of sulfonamides is 1. The van der Waals surface area contributed by atoms with Gasteiger partial charge in [-0.05, 0) is 56.0 Å². The highest BCUT2D eigenvalue weighted by Gasteiger charge is 2.32. The second-order valence-corrected chi connectivity index (χ2v) is 11.6. The van der Waals surface area contributed by atoms with Crippen LogP contribution in [-0.4, -0.2) is 57.1 Å². The van der Waals surface area contributed by atoms with Crippen molar-refractivity contribution in [2.24, 2.45) is 0 Å². The smallest absolute Gasteiger partial charge is 0.244 e. The average molecular weight is 530 g/mol. The van der Waals surface area contributed by atoms with Crippen molar-refractivity contribution in [3.63, 3.8) is 0 Å². The number of hydrogen-bond acceptors (Lipinski definition) is 5. The van der Waals surface area contributed by atoms with Gasteiger partial charge in [0.05, 0.1) is 19.1 Å². The first-order valence-corrected chi connectivity index (χ1v) is 14.7. The molecule has 2 amide bonds. The van der Waals surface area contributed by atoms with Crippen LogP contribution in [0.1, 0.15) is 56.6 Å². The van der Waals surface area contributed by atoms with Gasteiger partial charge in [0.25, 0.3) is 0 Å². The summed E-state index contributed by atoms with van der Waals surface area (Å²) in [7, 11) is -2.25. The first-order chi connectivity index (χ1) is 17.6. The monoisotopic (exact) mass is 529 g/mol. The number of nitrogens with one attached hydrogen (secondary N) is 1. The predicted octanol–water partition coefficient (Wildman–Crippen LogP) is 4.03. The number of carbonyl (C=O) groups excluding carboxylic acids is 2. The van der Waals surface area contributed by atoms with Gasteiger partial charge in [-0.25, -0.2) is 8.42 Å². The number of amides is 2. The van der Waals surface area contributed by atoms with Gasteiger partial charge in [-0.3, -0.25) is 13.9 Å². The van der Waals surface area contributed by atoms with E-state index >= 15 is 0 Å². The molecular formula is C28H39N3O5S. The maximum Gasteiger partial charge on any atom is 0.244 e. The quantitative estimate of drug-likeness (QED) is 0.474. The minimum Gasteiger partial charge on any atom is -0.497 e. The number of ether oxygens (including phenoxy) is 1. The molecule has 9 heteroatoms. The van der Waals surface area contributed by atoms with E-state index in [0.717, 1.165) is 47.4 Å². The third-order valence-electron chi connectivity index (χ3n) is 6.85. The topological polar surface area (TPSA) is 96.0 Å². The van der Waals surface area contributed by atoms with E-state index in [1.807, 2.05) is 38.1 Å². The fourth-order valence-electron chi connectivity index (χ4n) is 4.72. The second kappa shape index (κ2) is 12.9. The Morgan fingerprint density at radius 2 is 1.65 bits per heavy atom. The number of hydrogen-bond donors (Lipinski definition) is 1. The lowest BCUT2D eigenvalue weighted by Gasteiger charge is -2.34. The van der Waals surface area contributed by atoms with E-state index < -0.39 is 28.5 Å². The zero-order chi connectivity index (χ0) is 27.0. The zero-order valence-electron chi connectivity index (χ0n) is 22.3. The van der Waals surface area contributed by atoms with Crippen LogP contribution in [0.3, 0.4) is 0 Å². The van der Waals surface area contributed by atoms with Crippen LogP contribution in [0.15, 0.2) is 48.5 Å². The zero-order valence-corrected chi connectivity index (χ0v) is 23.1. The lowest BCUT2D eigenvalue weighted by atomic mass is 9.95. The van der Waals surface area contributed by atoms with Crippen molar-refractivity contribution in [2.75, 3.05) is 24.2 Å². The normalized spacial score (nSPS) is 15.0. The number of benzene rings is 2. The highest BCUT2D eigenvalue weighted by Crippen LogP contribution is 2.23. The summed E-state index contributed by atoms with van der Waals surface area (Å²) in [5.41, 5.74) is 2.32. The molecule has 2 aromatic carbocycles. The average Bonchev–Trinajstić information content (AvgIpc) is 2.88. The molecule has 1 aliphatic carbocycles. The highest BCUT2D eigenvalue weighted by atomic mass is 32.2. The van der Waals surface area contributed by atoms with Crippen molar-refractivity contribution in [1.82, 2.24) is 10.2 Å². The van der Waals surface area contributed by atoms with Crippen molar-refractivity contribution in [3.05, 3.63) is 59.7 Å². The Labute approximate surface area is 221 Å². The molecule has 1 saturated carbocycles. The SMILES string of the molecule is CCC(C(=O)NC1CCCCC1)N(Cc1ccc(C)cc1)C(=O)CN(c1ccc(OC)cc1)S(C)(=O)=O. The number of rotatable bonds is 11. The van der Waals surface area contributed by atoms with Crippen LogP contribution in [0.25, 0.3) is 0 Å². The number of methoxy groups -OCH3 is 1. The van der Waals surface area contributed by atoms with Gasteiger partial charge in [0.1, 0.15) is 18.3 Å². The van der Waals surface area contributed by atoms with Crippen LogP contribution in [0.5, 0.6) is 5.75 Å². The lowest BCUT2D eigenvalue weighted by Crippen LogP contribution is -2.53. The Morgan fingerprint density at radius 3 is 2.19 bits per heavy atom. The predicted molar refractivity (Wildman–Crippen MR) is 146 cm³/mol. The fourth-order valence-corrected chi connectivity index (χ4v) is 5.57. The molecule has 0 bridgehead atoms. The van der Waals surface area contributed by atoms with Gasteiger partial charge >= 0.3 is 0 Å². The molecule has 0 heterocycles. The molecule has 0 aliphatic heterocycles. The molecule has 37 heavy (non-hydrogen) atoms. The van der Waals surface area contributed by atoms with E-state index in [-0.39, 0.29) is 18.5 Å². The summed E-state index contributed by atoms with van der Waals surface area (Å²) >= 11 is 0. The molecule has 0 aromatic heterocycles. The van der Waals surface area contributed by atoms with E-state index in [2.05, 4.69) is 5.32 Å². The second-order valence-electron chi connectivity index (χ2n) is 9.74. The number of carbonyl (C=O) groups is 2. The van der Waals surface area contributed by atoms with Crippen LogP contribution in [0, 0.1) is 6.92 Å². The number of aryl methyl sites for hydroxylation is 1. The Bertz CT molecular complexity index is 1140. The number of anilines is 1. The standard InChI is InChI=1S/C28H39N3O5S/c1-5-26(28(33)29-23-9-7-6-8-10-23)30(19-22-13-11-21(2)12-14-22)27(32)20-31(37(4,34)35)24-15-17-25(36-3)18-16-24/h11-18,23,26H,5-10,19-20H2,1-4H3,(H,29,33).